The maximum atomic E-state index is 12.6. The van der Waals surface area contributed by atoms with Gasteiger partial charge in [-0.2, -0.15) is 0 Å². The van der Waals surface area contributed by atoms with Crippen molar-refractivity contribution in [1.82, 2.24) is 10.2 Å². The van der Waals surface area contributed by atoms with Crippen molar-refractivity contribution in [2.75, 3.05) is 13.1 Å². The van der Waals surface area contributed by atoms with E-state index < -0.39 is 5.60 Å². The first-order valence-corrected chi connectivity index (χ1v) is 9.08. The number of ether oxygens (including phenoxy) is 1. The molecule has 1 aromatic carbocycles. The molecule has 1 heterocycles. The summed E-state index contributed by atoms with van der Waals surface area (Å²) in [5.41, 5.74) is 0.350. The molecule has 0 aliphatic carbocycles. The first-order valence-electron chi connectivity index (χ1n) is 8.70. The summed E-state index contributed by atoms with van der Waals surface area (Å²) in [4.78, 5) is 26.5. The van der Waals surface area contributed by atoms with Crippen LogP contribution in [0.4, 0.5) is 4.79 Å². The summed E-state index contributed by atoms with van der Waals surface area (Å²) in [7, 11) is 0. The molecule has 0 aromatic heterocycles. The van der Waals surface area contributed by atoms with Crippen LogP contribution < -0.4 is 5.32 Å². The Hall–Kier alpha value is -1.75. The highest BCUT2D eigenvalue weighted by Crippen LogP contribution is 2.24. The maximum absolute atomic E-state index is 12.6. The molecule has 1 aromatic rings. The van der Waals surface area contributed by atoms with Crippen molar-refractivity contribution in [3.8, 4) is 0 Å². The molecule has 5 nitrogen and oxygen atoms in total. The van der Waals surface area contributed by atoms with Crippen molar-refractivity contribution in [3.05, 3.63) is 34.9 Å². The highest BCUT2D eigenvalue weighted by Gasteiger charge is 2.31. The van der Waals surface area contributed by atoms with Gasteiger partial charge in [-0.15, -0.1) is 0 Å². The molecular weight excluding hydrogens is 340 g/mol. The predicted molar refractivity (Wildman–Crippen MR) is 98.5 cm³/mol. The highest BCUT2D eigenvalue weighted by atomic mass is 35.5. The average molecular weight is 367 g/mol. The standard InChI is InChI=1S/C19H27ClN2O3/c1-13(15-9-5-6-10-16(15)20)21-17(23)14-8-7-11-22(12-14)18(24)25-19(2,3)4/h5-6,9-10,13-14H,7-8,11-12H2,1-4H3,(H,21,23). The van der Waals surface area contributed by atoms with E-state index in [1.54, 1.807) is 4.90 Å². The van der Waals surface area contributed by atoms with Gasteiger partial charge in [0.15, 0.2) is 0 Å². The van der Waals surface area contributed by atoms with E-state index >= 15 is 0 Å². The summed E-state index contributed by atoms with van der Waals surface area (Å²) >= 11 is 6.19. The lowest BCUT2D eigenvalue weighted by Crippen LogP contribution is -2.47. The minimum Gasteiger partial charge on any atom is -0.444 e. The predicted octanol–water partition coefficient (Wildman–Crippen LogP) is 4.16. The van der Waals surface area contributed by atoms with Crippen LogP contribution in [-0.2, 0) is 9.53 Å². The number of carbonyl (C=O) groups is 2. The molecule has 1 fully saturated rings. The summed E-state index contributed by atoms with van der Waals surface area (Å²) in [6.07, 6.45) is 1.20. The Morgan fingerprint density at radius 1 is 1.32 bits per heavy atom. The van der Waals surface area contributed by atoms with Gasteiger partial charge in [0.2, 0.25) is 5.91 Å². The van der Waals surface area contributed by atoms with Gasteiger partial charge < -0.3 is 15.0 Å². The molecule has 0 spiro atoms. The number of amides is 2. The van der Waals surface area contributed by atoms with E-state index in [-0.39, 0.29) is 24.0 Å². The molecule has 2 unspecified atom stereocenters. The Kier molecular flexibility index (Phi) is 6.33. The lowest BCUT2D eigenvalue weighted by molar-refractivity contribution is -0.127. The average Bonchev–Trinajstić information content (AvgIpc) is 2.53. The van der Waals surface area contributed by atoms with E-state index in [2.05, 4.69) is 5.32 Å². The smallest absolute Gasteiger partial charge is 0.410 e. The summed E-state index contributed by atoms with van der Waals surface area (Å²) in [5.74, 6) is -0.285. The van der Waals surface area contributed by atoms with Crippen LogP contribution >= 0.6 is 11.6 Å². The van der Waals surface area contributed by atoms with E-state index in [0.29, 0.717) is 18.1 Å². The number of hydrogen-bond donors (Lipinski definition) is 1. The van der Waals surface area contributed by atoms with Crippen molar-refractivity contribution in [2.45, 2.75) is 52.2 Å². The van der Waals surface area contributed by atoms with Crippen molar-refractivity contribution < 1.29 is 14.3 Å². The Morgan fingerprint density at radius 3 is 2.64 bits per heavy atom. The fraction of sp³-hybridized carbons (Fsp3) is 0.579. The molecule has 25 heavy (non-hydrogen) atoms. The van der Waals surface area contributed by atoms with Gasteiger partial charge in [0.05, 0.1) is 12.0 Å². The SMILES string of the molecule is CC(NC(=O)C1CCCN(C(=O)OC(C)(C)C)C1)c1ccccc1Cl. The van der Waals surface area contributed by atoms with Gasteiger partial charge in [-0.1, -0.05) is 29.8 Å². The lowest BCUT2D eigenvalue weighted by atomic mass is 9.96. The number of nitrogens with zero attached hydrogens (tertiary/aromatic N) is 1. The normalized spacial score (nSPS) is 19.2. The summed E-state index contributed by atoms with van der Waals surface area (Å²) in [5, 5.41) is 3.65. The van der Waals surface area contributed by atoms with E-state index in [0.717, 1.165) is 18.4 Å². The topological polar surface area (TPSA) is 58.6 Å². The number of carbonyl (C=O) groups excluding carboxylic acids is 2. The molecule has 0 saturated carbocycles. The van der Waals surface area contributed by atoms with E-state index in [4.69, 9.17) is 16.3 Å². The Morgan fingerprint density at radius 2 is 2.00 bits per heavy atom. The molecule has 0 radical (unpaired) electrons. The van der Waals surface area contributed by atoms with Gasteiger partial charge >= 0.3 is 6.09 Å². The Labute approximate surface area is 154 Å². The van der Waals surface area contributed by atoms with Gasteiger partial charge in [-0.25, -0.2) is 4.79 Å². The molecule has 1 N–H and O–H groups in total. The molecule has 1 saturated heterocycles. The zero-order valence-corrected chi connectivity index (χ0v) is 16.1. The van der Waals surface area contributed by atoms with Gasteiger partial charge in [0, 0.05) is 18.1 Å². The fourth-order valence-electron chi connectivity index (χ4n) is 2.92. The van der Waals surface area contributed by atoms with Crippen molar-refractivity contribution in [3.63, 3.8) is 0 Å². The monoisotopic (exact) mass is 366 g/mol. The Balaban J connectivity index is 1.95. The first-order chi connectivity index (χ1) is 11.7. The van der Waals surface area contributed by atoms with Crippen LogP contribution in [0.25, 0.3) is 0 Å². The second kappa shape index (κ2) is 8.09. The molecule has 1 aliphatic rings. The van der Waals surface area contributed by atoms with Crippen LogP contribution in [0.2, 0.25) is 5.02 Å². The van der Waals surface area contributed by atoms with Gasteiger partial charge in [0.25, 0.3) is 0 Å². The zero-order chi connectivity index (χ0) is 18.6. The summed E-state index contributed by atoms with van der Waals surface area (Å²) in [6, 6.07) is 7.29. The second-order valence-corrected chi connectivity index (χ2v) is 7.92. The molecule has 138 valence electrons. The molecule has 2 atom stereocenters. The molecule has 1 aliphatic heterocycles. The molecule has 2 amide bonds. The largest absolute Gasteiger partial charge is 0.444 e. The van der Waals surface area contributed by atoms with Gasteiger partial charge in [-0.3, -0.25) is 4.79 Å². The van der Waals surface area contributed by atoms with E-state index in [9.17, 15) is 9.59 Å². The number of nitrogens with one attached hydrogen (secondary N) is 1. The van der Waals surface area contributed by atoms with Gasteiger partial charge in [0.1, 0.15) is 5.60 Å². The van der Waals surface area contributed by atoms with Gasteiger partial charge in [-0.05, 0) is 52.2 Å². The molecular formula is C19H27ClN2O3. The lowest BCUT2D eigenvalue weighted by Gasteiger charge is -2.34. The third-order valence-electron chi connectivity index (χ3n) is 4.17. The van der Waals surface area contributed by atoms with Crippen LogP contribution in [-0.4, -0.2) is 35.6 Å². The molecule has 0 bridgehead atoms. The van der Waals surface area contributed by atoms with Crippen LogP contribution in [0.15, 0.2) is 24.3 Å². The highest BCUT2D eigenvalue weighted by molar-refractivity contribution is 6.31. The first kappa shape index (κ1) is 19.6. The minimum absolute atomic E-state index is 0.0549. The van der Waals surface area contributed by atoms with Crippen molar-refractivity contribution in [2.24, 2.45) is 5.92 Å². The van der Waals surface area contributed by atoms with E-state index in [1.165, 1.54) is 0 Å². The number of rotatable bonds is 3. The van der Waals surface area contributed by atoms with Crippen LogP contribution in [0, 0.1) is 5.92 Å². The number of hydrogen-bond acceptors (Lipinski definition) is 3. The van der Waals surface area contributed by atoms with Crippen molar-refractivity contribution in [1.29, 1.82) is 0 Å². The van der Waals surface area contributed by atoms with E-state index in [1.807, 2.05) is 52.0 Å². The minimum atomic E-state index is -0.537. The Bertz CT molecular complexity index is 627. The third kappa shape index (κ3) is 5.63. The van der Waals surface area contributed by atoms with Crippen LogP contribution in [0.3, 0.4) is 0 Å². The number of benzene rings is 1. The maximum Gasteiger partial charge on any atom is 0.410 e. The van der Waals surface area contributed by atoms with Crippen LogP contribution in [0.5, 0.6) is 0 Å². The number of halogens is 1. The van der Waals surface area contributed by atoms with Crippen LogP contribution in [0.1, 0.15) is 52.1 Å². The fourth-order valence-corrected chi connectivity index (χ4v) is 3.22. The summed E-state index contributed by atoms with van der Waals surface area (Å²) in [6.45, 7) is 8.43. The number of piperidine rings is 1. The molecule has 6 heteroatoms. The quantitative estimate of drug-likeness (QED) is 0.873. The molecule has 2 rings (SSSR count). The van der Waals surface area contributed by atoms with Crippen molar-refractivity contribution >= 4 is 23.6 Å². The number of likely N-dealkylation sites (tertiary alicyclic amines) is 1. The zero-order valence-electron chi connectivity index (χ0n) is 15.3. The summed E-state index contributed by atoms with van der Waals surface area (Å²) < 4.78 is 5.41. The third-order valence-corrected chi connectivity index (χ3v) is 4.52. The second-order valence-electron chi connectivity index (χ2n) is 7.52.